The summed E-state index contributed by atoms with van der Waals surface area (Å²) in [6.07, 6.45) is -3.76. The van der Waals surface area contributed by atoms with E-state index in [1.165, 1.54) is 26.3 Å². The minimum absolute atomic E-state index is 0.00995. The van der Waals surface area contributed by atoms with Gasteiger partial charge >= 0.3 is 6.18 Å². The van der Waals surface area contributed by atoms with Crippen molar-refractivity contribution >= 4 is 0 Å². The van der Waals surface area contributed by atoms with Crippen molar-refractivity contribution in [3.05, 3.63) is 17.0 Å². The van der Waals surface area contributed by atoms with Crippen LogP contribution in [0.4, 0.5) is 22.0 Å². The van der Waals surface area contributed by atoms with Gasteiger partial charge in [0.05, 0.1) is 0 Å². The van der Waals surface area contributed by atoms with Gasteiger partial charge in [0.15, 0.2) is 5.69 Å². The van der Waals surface area contributed by atoms with Crippen LogP contribution in [0, 0.1) is 5.92 Å². The second kappa shape index (κ2) is 5.79. The first-order valence-electron chi connectivity index (χ1n) is 7.23. The third-order valence-electron chi connectivity index (χ3n) is 4.24. The highest BCUT2D eigenvalue weighted by Crippen LogP contribution is 2.46. The molecule has 0 aromatic carbocycles. The first-order valence-corrected chi connectivity index (χ1v) is 7.23. The molecule has 1 saturated carbocycles. The van der Waals surface area contributed by atoms with Crippen LogP contribution in [-0.4, -0.2) is 20.8 Å². The minimum Gasteiger partial charge on any atom is -0.382 e. The molecule has 1 heterocycles. The summed E-state index contributed by atoms with van der Waals surface area (Å²) >= 11 is 0. The van der Waals surface area contributed by atoms with Gasteiger partial charge in [-0.2, -0.15) is 18.3 Å². The lowest BCUT2D eigenvalue weighted by atomic mass is 9.88. The predicted octanol–water partition coefficient (Wildman–Crippen LogP) is 3.86. The van der Waals surface area contributed by atoms with Gasteiger partial charge in [0.25, 0.3) is 5.92 Å². The lowest BCUT2D eigenvalue weighted by molar-refractivity contribution is -0.150. The lowest BCUT2D eigenvalue weighted by Crippen LogP contribution is -2.33. The van der Waals surface area contributed by atoms with E-state index >= 15 is 0 Å². The van der Waals surface area contributed by atoms with Crippen molar-refractivity contribution in [3.8, 4) is 0 Å². The average molecular weight is 326 g/mol. The highest BCUT2D eigenvalue weighted by molar-refractivity contribution is 5.34. The van der Waals surface area contributed by atoms with E-state index in [0.29, 0.717) is 0 Å². The van der Waals surface area contributed by atoms with Crippen LogP contribution in [0.15, 0.2) is 0 Å². The summed E-state index contributed by atoms with van der Waals surface area (Å²) in [5.41, 5.74) is -2.21. The van der Waals surface area contributed by atoms with Crippen LogP contribution in [0.2, 0.25) is 0 Å². The van der Waals surface area contributed by atoms with Crippen molar-refractivity contribution in [2.24, 2.45) is 13.0 Å². The number of nitrogens with zero attached hydrogens (tertiary/aromatic N) is 2. The number of aryl methyl sites for hydroxylation is 1. The summed E-state index contributed by atoms with van der Waals surface area (Å²) < 4.78 is 65.0. The van der Waals surface area contributed by atoms with Crippen LogP contribution in [0.5, 0.6) is 0 Å². The molecular weight excluding hydrogens is 307 g/mol. The van der Waals surface area contributed by atoms with Gasteiger partial charge in [-0.3, -0.25) is 4.68 Å². The number of halogens is 5. The summed E-state index contributed by atoms with van der Waals surface area (Å²) in [6.45, 7) is 2.31. The van der Waals surface area contributed by atoms with Crippen LogP contribution in [0.1, 0.15) is 55.7 Å². The predicted molar refractivity (Wildman–Crippen MR) is 69.5 cm³/mol. The maximum atomic E-state index is 13.2. The monoisotopic (exact) mass is 326 g/mol. The summed E-state index contributed by atoms with van der Waals surface area (Å²) in [7, 11) is 1.24. The molecule has 0 amide bonds. The topological polar surface area (TPSA) is 38.0 Å². The molecule has 0 spiro atoms. The fourth-order valence-corrected chi connectivity index (χ4v) is 2.61. The van der Waals surface area contributed by atoms with Crippen molar-refractivity contribution in [3.63, 3.8) is 0 Å². The number of aliphatic hydroxyl groups excluding tert-OH is 1. The van der Waals surface area contributed by atoms with Gasteiger partial charge in [-0.15, -0.1) is 0 Å². The lowest BCUT2D eigenvalue weighted by Gasteiger charge is -2.28. The number of alkyl halides is 5. The molecule has 1 N–H and O–H groups in total. The zero-order valence-corrected chi connectivity index (χ0v) is 12.4. The second-order valence-corrected chi connectivity index (χ2v) is 6.03. The summed E-state index contributed by atoms with van der Waals surface area (Å²) in [5.74, 6) is -2.48. The zero-order chi connectivity index (χ0) is 16.7. The Morgan fingerprint density at radius 3 is 2.23 bits per heavy atom. The summed E-state index contributed by atoms with van der Waals surface area (Å²) in [4.78, 5) is 0. The van der Waals surface area contributed by atoms with E-state index in [2.05, 4.69) is 12.0 Å². The fraction of sp³-hybridized carbons (Fsp3) is 0.786. The molecule has 0 bridgehead atoms. The molecule has 3 rings (SSSR count). The van der Waals surface area contributed by atoms with Crippen LogP contribution in [-0.2, 0) is 19.6 Å². The first kappa shape index (κ1) is 17.2. The Morgan fingerprint density at radius 2 is 1.82 bits per heavy atom. The molecule has 3 nitrogen and oxygen atoms in total. The van der Waals surface area contributed by atoms with Gasteiger partial charge in [-0.25, -0.2) is 8.78 Å². The highest BCUT2D eigenvalue weighted by atomic mass is 19.4. The molecule has 8 heteroatoms. The molecule has 0 radical (unpaired) electrons. The van der Waals surface area contributed by atoms with Gasteiger partial charge in [-0.05, 0) is 12.3 Å². The third kappa shape index (κ3) is 3.26. The average Bonchev–Trinajstić information content (AvgIpc) is 2.70. The second-order valence-electron chi connectivity index (χ2n) is 6.03. The number of aromatic nitrogens is 2. The largest absolute Gasteiger partial charge is 0.435 e. The molecule has 2 aliphatic rings. The number of aliphatic hydroxyl groups is 1. The highest BCUT2D eigenvalue weighted by Gasteiger charge is 2.50. The molecule has 0 aliphatic heterocycles. The first-order chi connectivity index (χ1) is 10.0. The van der Waals surface area contributed by atoms with E-state index in [-0.39, 0.29) is 12.1 Å². The SMILES string of the molecule is CC1CCC1.Cn1nc(C(F)(F)F)c2c1CCC(F)(F)C2O. The van der Waals surface area contributed by atoms with Crippen molar-refractivity contribution in [2.75, 3.05) is 0 Å². The van der Waals surface area contributed by atoms with Gasteiger partial charge < -0.3 is 5.11 Å². The van der Waals surface area contributed by atoms with Crippen molar-refractivity contribution < 1.29 is 27.1 Å². The van der Waals surface area contributed by atoms with Crippen molar-refractivity contribution in [1.82, 2.24) is 9.78 Å². The Labute approximate surface area is 125 Å². The van der Waals surface area contributed by atoms with E-state index in [1.54, 1.807) is 0 Å². The maximum Gasteiger partial charge on any atom is 0.435 e. The number of hydrogen-bond acceptors (Lipinski definition) is 2. The van der Waals surface area contributed by atoms with Crippen LogP contribution in [0.3, 0.4) is 0 Å². The molecule has 1 aromatic heterocycles. The Hall–Kier alpha value is -1.18. The van der Waals surface area contributed by atoms with Gasteiger partial charge in [-0.1, -0.05) is 26.2 Å². The smallest absolute Gasteiger partial charge is 0.382 e. The van der Waals surface area contributed by atoms with Gasteiger partial charge in [0.2, 0.25) is 0 Å². The van der Waals surface area contributed by atoms with Crippen LogP contribution in [0.25, 0.3) is 0 Å². The molecular formula is C14H19F5N2O. The third-order valence-corrected chi connectivity index (χ3v) is 4.24. The molecule has 1 atom stereocenters. The molecule has 0 saturated heterocycles. The summed E-state index contributed by atoms with van der Waals surface area (Å²) in [5, 5.41) is 12.5. The standard InChI is InChI=1S/C9H9F5N2O.C5H10/c1-16-4-2-3-8(10,11)7(17)5(4)6(15-16)9(12,13)14;1-5-3-2-4-5/h7,17H,2-3H2,1H3;5H,2-4H2,1H3. The van der Waals surface area contributed by atoms with E-state index in [1.807, 2.05) is 0 Å². The van der Waals surface area contributed by atoms with E-state index < -0.39 is 35.9 Å². The number of rotatable bonds is 0. The van der Waals surface area contributed by atoms with E-state index in [9.17, 15) is 27.1 Å². The summed E-state index contributed by atoms with van der Waals surface area (Å²) in [6, 6.07) is 0. The molecule has 1 aromatic rings. The maximum absolute atomic E-state index is 13.2. The van der Waals surface area contributed by atoms with Crippen LogP contribution >= 0.6 is 0 Å². The normalized spacial score (nSPS) is 24.1. The number of fused-ring (bicyclic) bond motifs is 1. The number of hydrogen-bond donors (Lipinski definition) is 1. The minimum atomic E-state index is -4.85. The molecule has 2 aliphatic carbocycles. The Morgan fingerprint density at radius 1 is 1.27 bits per heavy atom. The Bertz CT molecular complexity index is 534. The Kier molecular flexibility index (Phi) is 4.52. The van der Waals surface area contributed by atoms with Gasteiger partial charge in [0, 0.05) is 24.7 Å². The van der Waals surface area contributed by atoms with E-state index in [0.717, 1.165) is 10.6 Å². The quantitative estimate of drug-likeness (QED) is 0.735. The molecule has 1 unspecified atom stereocenters. The van der Waals surface area contributed by atoms with Crippen LogP contribution < -0.4 is 0 Å². The van der Waals surface area contributed by atoms with E-state index in [4.69, 9.17) is 0 Å². The zero-order valence-electron chi connectivity index (χ0n) is 12.4. The van der Waals surface area contributed by atoms with Gasteiger partial charge in [0.1, 0.15) is 6.10 Å². The molecule has 1 fully saturated rings. The van der Waals surface area contributed by atoms with Crippen molar-refractivity contribution in [2.45, 2.75) is 57.2 Å². The molecule has 126 valence electrons. The van der Waals surface area contributed by atoms with Crippen molar-refractivity contribution in [1.29, 1.82) is 0 Å². The Balaban J connectivity index is 0.000000299. The fourth-order valence-electron chi connectivity index (χ4n) is 2.61. The molecule has 22 heavy (non-hydrogen) atoms.